The Hall–Kier alpha value is -0.980. The van der Waals surface area contributed by atoms with E-state index in [-0.39, 0.29) is 18.2 Å². The Kier molecular flexibility index (Phi) is 4.33. The van der Waals surface area contributed by atoms with Gasteiger partial charge in [-0.05, 0) is 26.2 Å². The van der Waals surface area contributed by atoms with Gasteiger partial charge in [0.05, 0.1) is 36.4 Å². The first-order chi connectivity index (χ1) is 9.74. The molecule has 1 aromatic heterocycles. The molecule has 110 valence electrons. The number of carbonyl (C=O) groups is 1. The molecule has 20 heavy (non-hydrogen) atoms. The third-order valence-electron chi connectivity index (χ3n) is 3.83. The minimum Gasteiger partial charge on any atom is -0.348 e. The van der Waals surface area contributed by atoms with Crippen molar-refractivity contribution in [3.05, 3.63) is 16.1 Å². The molecule has 1 atom stereocenters. The highest BCUT2D eigenvalue weighted by molar-refractivity contribution is 7.09. The summed E-state index contributed by atoms with van der Waals surface area (Å²) < 4.78 is 11.2. The van der Waals surface area contributed by atoms with Gasteiger partial charge in [-0.2, -0.15) is 0 Å². The Morgan fingerprint density at radius 1 is 1.45 bits per heavy atom. The van der Waals surface area contributed by atoms with Crippen LogP contribution in [0.5, 0.6) is 0 Å². The molecule has 0 saturated carbocycles. The van der Waals surface area contributed by atoms with Crippen molar-refractivity contribution in [3.63, 3.8) is 0 Å². The molecule has 0 N–H and O–H groups in total. The predicted octanol–water partition coefficient (Wildman–Crippen LogP) is 1.75. The van der Waals surface area contributed by atoms with Crippen LogP contribution < -0.4 is 0 Å². The van der Waals surface area contributed by atoms with Gasteiger partial charge in [-0.25, -0.2) is 4.98 Å². The minimum absolute atomic E-state index is 0.0680. The van der Waals surface area contributed by atoms with Crippen LogP contribution >= 0.6 is 11.3 Å². The van der Waals surface area contributed by atoms with Crippen LogP contribution in [-0.4, -0.2) is 47.9 Å². The molecule has 0 spiro atoms. The zero-order valence-electron chi connectivity index (χ0n) is 11.7. The van der Waals surface area contributed by atoms with Crippen molar-refractivity contribution in [2.75, 3.05) is 19.8 Å². The summed E-state index contributed by atoms with van der Waals surface area (Å²) in [6.45, 7) is 4.03. The van der Waals surface area contributed by atoms with Gasteiger partial charge >= 0.3 is 0 Å². The van der Waals surface area contributed by atoms with E-state index in [1.165, 1.54) is 0 Å². The molecule has 1 amide bonds. The maximum absolute atomic E-state index is 12.5. The number of likely N-dealkylation sites (tertiary alicyclic amines) is 1. The molecule has 2 fully saturated rings. The molecule has 1 unspecified atom stereocenters. The Balaban J connectivity index is 1.67. The molecule has 0 aliphatic carbocycles. The number of hydrogen-bond acceptors (Lipinski definition) is 5. The zero-order valence-corrected chi connectivity index (χ0v) is 12.5. The number of nitrogens with zero attached hydrogens (tertiary/aromatic N) is 2. The number of amides is 1. The summed E-state index contributed by atoms with van der Waals surface area (Å²) in [5.74, 6) is 0.138. The molecule has 2 aliphatic heterocycles. The van der Waals surface area contributed by atoms with E-state index < -0.39 is 0 Å². The van der Waals surface area contributed by atoms with Gasteiger partial charge in [0.1, 0.15) is 0 Å². The Morgan fingerprint density at radius 2 is 2.25 bits per heavy atom. The summed E-state index contributed by atoms with van der Waals surface area (Å²) in [6.07, 6.45) is 3.30. The number of thiazole rings is 1. The van der Waals surface area contributed by atoms with E-state index in [0.29, 0.717) is 19.6 Å². The van der Waals surface area contributed by atoms with Crippen LogP contribution in [-0.2, 0) is 20.7 Å². The average Bonchev–Trinajstić information content (AvgIpc) is 3.10. The second-order valence-corrected chi connectivity index (χ2v) is 6.36. The first-order valence-electron chi connectivity index (χ1n) is 7.18. The molecule has 0 radical (unpaired) electrons. The molecule has 1 aromatic rings. The van der Waals surface area contributed by atoms with Crippen molar-refractivity contribution < 1.29 is 14.3 Å². The van der Waals surface area contributed by atoms with Crippen LogP contribution in [0, 0.1) is 6.92 Å². The van der Waals surface area contributed by atoms with Crippen molar-refractivity contribution in [2.45, 2.75) is 44.9 Å². The number of piperidine rings is 1. The predicted molar refractivity (Wildman–Crippen MR) is 75.6 cm³/mol. The maximum atomic E-state index is 12.5. The van der Waals surface area contributed by atoms with E-state index >= 15 is 0 Å². The van der Waals surface area contributed by atoms with Gasteiger partial charge in [-0.1, -0.05) is 0 Å². The lowest BCUT2D eigenvalue weighted by Crippen LogP contribution is -2.50. The normalized spacial score (nSPS) is 24.2. The number of carbonyl (C=O) groups excluding carboxylic acids is 1. The summed E-state index contributed by atoms with van der Waals surface area (Å²) in [5, 5.41) is 2.97. The SMILES string of the molecule is Cc1nc(CC(=O)N2CCCCC2C2OCCO2)cs1. The van der Waals surface area contributed by atoms with Gasteiger partial charge in [-0.15, -0.1) is 11.3 Å². The smallest absolute Gasteiger partial charge is 0.229 e. The van der Waals surface area contributed by atoms with Crippen LogP contribution in [0.1, 0.15) is 30.0 Å². The lowest BCUT2D eigenvalue weighted by Gasteiger charge is -2.38. The van der Waals surface area contributed by atoms with Gasteiger partial charge in [0.25, 0.3) is 0 Å². The quantitative estimate of drug-likeness (QED) is 0.852. The fourth-order valence-corrected chi connectivity index (χ4v) is 3.51. The third kappa shape index (κ3) is 3.02. The lowest BCUT2D eigenvalue weighted by molar-refractivity contribution is -0.150. The number of aryl methyl sites for hydroxylation is 1. The van der Waals surface area contributed by atoms with Gasteiger partial charge in [-0.3, -0.25) is 4.79 Å². The zero-order chi connectivity index (χ0) is 13.9. The van der Waals surface area contributed by atoms with Crippen LogP contribution in [0.3, 0.4) is 0 Å². The van der Waals surface area contributed by atoms with Crippen molar-refractivity contribution in [1.82, 2.24) is 9.88 Å². The molecule has 3 heterocycles. The first-order valence-corrected chi connectivity index (χ1v) is 8.05. The fourth-order valence-electron chi connectivity index (χ4n) is 2.89. The van der Waals surface area contributed by atoms with Gasteiger partial charge in [0.2, 0.25) is 5.91 Å². The monoisotopic (exact) mass is 296 g/mol. The van der Waals surface area contributed by atoms with Crippen molar-refractivity contribution in [3.8, 4) is 0 Å². The van der Waals surface area contributed by atoms with Crippen LogP contribution in [0.15, 0.2) is 5.38 Å². The van der Waals surface area contributed by atoms with Crippen LogP contribution in [0.4, 0.5) is 0 Å². The van der Waals surface area contributed by atoms with Crippen LogP contribution in [0.2, 0.25) is 0 Å². The Morgan fingerprint density at radius 3 is 2.95 bits per heavy atom. The summed E-state index contributed by atoms with van der Waals surface area (Å²) in [5.41, 5.74) is 0.870. The largest absolute Gasteiger partial charge is 0.348 e. The van der Waals surface area contributed by atoms with Gasteiger partial charge < -0.3 is 14.4 Å². The molecule has 3 rings (SSSR count). The highest BCUT2D eigenvalue weighted by atomic mass is 32.1. The number of ether oxygens (including phenoxy) is 2. The topological polar surface area (TPSA) is 51.7 Å². The molecule has 0 bridgehead atoms. The number of rotatable bonds is 3. The third-order valence-corrected chi connectivity index (χ3v) is 4.65. The van der Waals surface area contributed by atoms with Crippen molar-refractivity contribution >= 4 is 17.2 Å². The molecular weight excluding hydrogens is 276 g/mol. The second-order valence-electron chi connectivity index (χ2n) is 5.29. The van der Waals surface area contributed by atoms with E-state index in [1.54, 1.807) is 11.3 Å². The minimum atomic E-state index is -0.239. The van der Waals surface area contributed by atoms with E-state index in [1.807, 2.05) is 17.2 Å². The molecule has 5 nitrogen and oxygen atoms in total. The van der Waals surface area contributed by atoms with E-state index in [0.717, 1.165) is 36.5 Å². The summed E-state index contributed by atoms with van der Waals surface area (Å²) >= 11 is 1.59. The van der Waals surface area contributed by atoms with Gasteiger partial charge in [0.15, 0.2) is 6.29 Å². The molecule has 0 aromatic carbocycles. The summed E-state index contributed by atoms with van der Waals surface area (Å²) in [4.78, 5) is 18.8. The first kappa shape index (κ1) is 14.0. The average molecular weight is 296 g/mol. The van der Waals surface area contributed by atoms with Crippen molar-refractivity contribution in [1.29, 1.82) is 0 Å². The highest BCUT2D eigenvalue weighted by Gasteiger charge is 2.36. The van der Waals surface area contributed by atoms with Crippen molar-refractivity contribution in [2.24, 2.45) is 0 Å². The lowest BCUT2D eigenvalue weighted by atomic mass is 10.0. The van der Waals surface area contributed by atoms with E-state index in [2.05, 4.69) is 4.98 Å². The number of hydrogen-bond donors (Lipinski definition) is 0. The highest BCUT2D eigenvalue weighted by Crippen LogP contribution is 2.25. The Bertz CT molecular complexity index is 471. The molecular formula is C14H20N2O3S. The van der Waals surface area contributed by atoms with E-state index in [9.17, 15) is 4.79 Å². The maximum Gasteiger partial charge on any atom is 0.229 e. The molecule has 6 heteroatoms. The fraction of sp³-hybridized carbons (Fsp3) is 0.714. The van der Waals surface area contributed by atoms with E-state index in [4.69, 9.17) is 9.47 Å². The standard InChI is InChI=1S/C14H20N2O3S/c1-10-15-11(9-20-10)8-13(17)16-5-3-2-4-12(16)14-18-6-7-19-14/h9,12,14H,2-8H2,1H3. The summed E-state index contributed by atoms with van der Waals surface area (Å²) in [7, 11) is 0. The number of aromatic nitrogens is 1. The Labute approximate surface area is 122 Å². The summed E-state index contributed by atoms with van der Waals surface area (Å²) in [6, 6.07) is 0.0680. The van der Waals surface area contributed by atoms with Gasteiger partial charge in [0, 0.05) is 11.9 Å². The van der Waals surface area contributed by atoms with Crippen LogP contribution in [0.25, 0.3) is 0 Å². The molecule has 2 saturated heterocycles. The molecule has 2 aliphatic rings. The second kappa shape index (κ2) is 6.20.